The summed E-state index contributed by atoms with van der Waals surface area (Å²) in [5, 5.41) is 78.0. The number of thioether (sulfide) groups is 1. The molecule has 0 radical (unpaired) electrons. The molecule has 216 valence electrons. The summed E-state index contributed by atoms with van der Waals surface area (Å²) in [6.07, 6.45) is -1.97. The maximum atomic E-state index is 12.3. The molecule has 1 aliphatic rings. The molecule has 1 fully saturated rings. The number of aliphatic hydroxyl groups excluding tert-OH is 7. The van der Waals surface area contributed by atoms with Crippen molar-refractivity contribution >= 4 is 17.5 Å². The van der Waals surface area contributed by atoms with Gasteiger partial charge in [-0.05, 0) is 54.5 Å². The molecule has 39 heavy (non-hydrogen) atoms. The van der Waals surface area contributed by atoms with E-state index in [4.69, 9.17) is 0 Å². The highest BCUT2D eigenvalue weighted by Crippen LogP contribution is 2.46. The summed E-state index contributed by atoms with van der Waals surface area (Å²) in [7, 11) is 0. The van der Waals surface area contributed by atoms with Gasteiger partial charge >= 0.3 is 0 Å². The zero-order chi connectivity index (χ0) is 28.7. The van der Waals surface area contributed by atoms with Gasteiger partial charge in [-0.3, -0.25) is 4.79 Å². The molecular formula is C29H40O9S. The first-order valence-electron chi connectivity index (χ1n) is 13.1. The second kappa shape index (κ2) is 14.0. The molecule has 1 aliphatic heterocycles. The molecule has 2 aromatic carbocycles. The minimum Gasteiger partial charge on any atom is -0.508 e. The minimum absolute atomic E-state index is 0.0211. The second-order valence-electron chi connectivity index (χ2n) is 10.6. The molecule has 9 nitrogen and oxygen atoms in total. The minimum atomic E-state index is -1.44. The van der Waals surface area contributed by atoms with E-state index in [1.807, 2.05) is 31.2 Å². The van der Waals surface area contributed by atoms with Crippen molar-refractivity contribution in [1.29, 1.82) is 0 Å². The number of ketones is 1. The topological polar surface area (TPSA) is 179 Å². The Bertz CT molecular complexity index is 1080. The van der Waals surface area contributed by atoms with Crippen molar-refractivity contribution in [3.63, 3.8) is 0 Å². The van der Waals surface area contributed by atoms with Crippen LogP contribution < -0.4 is 0 Å². The zero-order valence-electron chi connectivity index (χ0n) is 22.1. The van der Waals surface area contributed by atoms with Crippen molar-refractivity contribution in [1.82, 2.24) is 0 Å². The van der Waals surface area contributed by atoms with Crippen molar-refractivity contribution in [3.8, 4) is 5.75 Å². The third-order valence-corrected chi connectivity index (χ3v) is 9.20. The van der Waals surface area contributed by atoms with E-state index in [1.54, 1.807) is 12.1 Å². The van der Waals surface area contributed by atoms with Crippen LogP contribution in [0.25, 0.3) is 0 Å². The Morgan fingerprint density at radius 1 is 0.897 bits per heavy atom. The first-order chi connectivity index (χ1) is 18.6. The molecule has 0 unspecified atom stereocenters. The second-order valence-corrected chi connectivity index (χ2v) is 12.0. The van der Waals surface area contributed by atoms with Gasteiger partial charge in [0, 0.05) is 23.8 Å². The van der Waals surface area contributed by atoms with Gasteiger partial charge in [-0.1, -0.05) is 30.3 Å². The Morgan fingerprint density at radius 3 is 2.10 bits per heavy atom. The molecule has 0 amide bonds. The lowest BCUT2D eigenvalue weighted by Crippen LogP contribution is -2.51. The van der Waals surface area contributed by atoms with Crippen molar-refractivity contribution in [2.24, 2.45) is 5.41 Å². The van der Waals surface area contributed by atoms with Crippen LogP contribution in [0.2, 0.25) is 0 Å². The molecular weight excluding hydrogens is 524 g/mol. The predicted octanol–water partition coefficient (Wildman–Crippen LogP) is 0.768. The van der Waals surface area contributed by atoms with E-state index in [0.29, 0.717) is 24.8 Å². The molecule has 0 spiro atoms. The molecule has 8 N–H and O–H groups in total. The number of carbonyl (C=O) groups is 1. The Hall–Kier alpha value is -2.02. The molecule has 2 aromatic rings. The summed E-state index contributed by atoms with van der Waals surface area (Å²) in [4.78, 5) is 12.3. The molecule has 1 saturated heterocycles. The number of phenols is 1. The van der Waals surface area contributed by atoms with Crippen molar-refractivity contribution in [2.75, 3.05) is 26.4 Å². The number of aryl methyl sites for hydroxylation is 2. The van der Waals surface area contributed by atoms with Crippen molar-refractivity contribution in [3.05, 3.63) is 64.2 Å². The van der Waals surface area contributed by atoms with Gasteiger partial charge in [-0.2, -0.15) is 0 Å². The summed E-state index contributed by atoms with van der Waals surface area (Å²) in [6.45, 7) is 0.139. The maximum Gasteiger partial charge on any atom is 0.133 e. The summed E-state index contributed by atoms with van der Waals surface area (Å²) in [5.74, 6) is -0.136. The average Bonchev–Trinajstić information content (AvgIpc) is 2.93. The van der Waals surface area contributed by atoms with Crippen LogP contribution in [0.3, 0.4) is 0 Å². The van der Waals surface area contributed by atoms with Crippen LogP contribution in [0.1, 0.15) is 52.3 Å². The molecule has 3 rings (SSSR count). The SMILES string of the molecule is Cc1cc(O)c([C@@H]2S[C@H](CO)[C@@H](O)[C@H](O)[C@H]2O)cc1Cc1ccc(CCCC(=O)CC(CO)(CO)CO)cc1. The quantitative estimate of drug-likeness (QED) is 0.173. The predicted molar refractivity (Wildman–Crippen MR) is 148 cm³/mol. The van der Waals surface area contributed by atoms with Crippen molar-refractivity contribution in [2.45, 2.75) is 67.8 Å². The number of carbonyl (C=O) groups excluding carboxylic acids is 1. The Labute approximate surface area is 232 Å². The summed E-state index contributed by atoms with van der Waals surface area (Å²) in [5.41, 5.74) is 3.12. The molecule has 0 aliphatic carbocycles. The Balaban J connectivity index is 1.64. The van der Waals surface area contributed by atoms with E-state index < -0.39 is 54.0 Å². The Kier molecular flexibility index (Phi) is 11.3. The van der Waals surface area contributed by atoms with Gasteiger partial charge in [-0.15, -0.1) is 11.8 Å². The van der Waals surface area contributed by atoms with E-state index in [9.17, 15) is 45.6 Å². The van der Waals surface area contributed by atoms with Crippen LogP contribution in [-0.2, 0) is 17.6 Å². The average molecular weight is 565 g/mol. The lowest BCUT2D eigenvalue weighted by molar-refractivity contribution is -0.124. The fraction of sp³-hybridized carbons (Fsp3) is 0.552. The highest BCUT2D eigenvalue weighted by molar-refractivity contribution is 8.00. The van der Waals surface area contributed by atoms with E-state index in [2.05, 4.69) is 0 Å². The lowest BCUT2D eigenvalue weighted by atomic mass is 9.84. The van der Waals surface area contributed by atoms with Gasteiger partial charge in [0.2, 0.25) is 0 Å². The van der Waals surface area contributed by atoms with Gasteiger partial charge < -0.3 is 40.9 Å². The summed E-state index contributed by atoms with van der Waals surface area (Å²) < 4.78 is 0. The number of hydrogen-bond acceptors (Lipinski definition) is 10. The number of aromatic hydroxyl groups is 1. The van der Waals surface area contributed by atoms with Crippen molar-refractivity contribution < 1.29 is 45.6 Å². The normalized spacial score (nSPS) is 23.6. The van der Waals surface area contributed by atoms with E-state index in [-0.39, 0.29) is 31.0 Å². The number of hydrogen-bond donors (Lipinski definition) is 8. The molecule has 10 heteroatoms. The first kappa shape index (κ1) is 31.5. The lowest BCUT2D eigenvalue weighted by Gasteiger charge is -2.40. The third kappa shape index (κ3) is 7.59. The highest BCUT2D eigenvalue weighted by atomic mass is 32.2. The van der Waals surface area contributed by atoms with Crippen LogP contribution >= 0.6 is 11.8 Å². The number of phenolic OH excluding ortho intramolecular Hbond substituents is 1. The van der Waals surface area contributed by atoms with Crippen LogP contribution in [0, 0.1) is 12.3 Å². The van der Waals surface area contributed by atoms with E-state index in [1.165, 1.54) is 0 Å². The molecule has 0 saturated carbocycles. The van der Waals surface area contributed by atoms with Crippen LogP contribution in [0.4, 0.5) is 0 Å². The fourth-order valence-corrected chi connectivity index (χ4v) is 6.33. The number of rotatable bonds is 13. The molecule has 0 bridgehead atoms. The monoisotopic (exact) mass is 564 g/mol. The third-order valence-electron chi connectivity index (χ3n) is 7.60. The van der Waals surface area contributed by atoms with Gasteiger partial charge in [0.15, 0.2) is 0 Å². The molecule has 5 atom stereocenters. The molecule has 1 heterocycles. The van der Waals surface area contributed by atoms with E-state index in [0.717, 1.165) is 34.0 Å². The van der Waals surface area contributed by atoms with Gasteiger partial charge in [0.1, 0.15) is 17.6 Å². The van der Waals surface area contributed by atoms with Gasteiger partial charge in [0.05, 0.1) is 49.1 Å². The van der Waals surface area contributed by atoms with Gasteiger partial charge in [0.25, 0.3) is 0 Å². The largest absolute Gasteiger partial charge is 0.508 e. The smallest absolute Gasteiger partial charge is 0.133 e. The standard InChI is InChI=1S/C29H40O9S/c1-17-9-23(35)22(28-27(38)26(37)25(36)24(13-30)39-28)11-20(17)10-19-7-5-18(6-8-19)3-2-4-21(34)12-29(14-31,15-32)16-33/h5-9,11,24-28,30-33,35-38H,2-4,10,12-16H2,1H3/t24-,25-,26+,27-,28+/m1/s1. The summed E-state index contributed by atoms with van der Waals surface area (Å²) >= 11 is 1.13. The summed E-state index contributed by atoms with van der Waals surface area (Å²) in [6, 6.07) is 11.4. The molecule has 0 aromatic heterocycles. The van der Waals surface area contributed by atoms with E-state index >= 15 is 0 Å². The zero-order valence-corrected chi connectivity index (χ0v) is 22.9. The fourth-order valence-electron chi connectivity index (χ4n) is 4.89. The first-order valence-corrected chi connectivity index (χ1v) is 14.1. The number of Topliss-reactive ketones (excluding diaryl/α,β-unsaturated/α-hetero) is 1. The van der Waals surface area contributed by atoms with Crippen LogP contribution in [-0.4, -0.2) is 96.6 Å². The highest BCUT2D eigenvalue weighted by Gasteiger charge is 2.44. The Morgan fingerprint density at radius 2 is 1.51 bits per heavy atom. The van der Waals surface area contributed by atoms with Crippen LogP contribution in [0.15, 0.2) is 36.4 Å². The number of benzene rings is 2. The van der Waals surface area contributed by atoms with Crippen LogP contribution in [0.5, 0.6) is 5.75 Å². The maximum absolute atomic E-state index is 12.3. The van der Waals surface area contributed by atoms with Gasteiger partial charge in [-0.25, -0.2) is 0 Å². The number of aliphatic hydroxyl groups is 7.